The molecule has 0 radical (unpaired) electrons. The van der Waals surface area contributed by atoms with Gasteiger partial charge in [-0.1, -0.05) is 24.3 Å². The third-order valence-electron chi connectivity index (χ3n) is 5.05. The van der Waals surface area contributed by atoms with Gasteiger partial charge in [-0.3, -0.25) is 4.79 Å². The van der Waals surface area contributed by atoms with Crippen molar-refractivity contribution in [1.82, 2.24) is 15.3 Å². The second-order valence-corrected chi connectivity index (χ2v) is 7.41. The van der Waals surface area contributed by atoms with Crippen molar-refractivity contribution in [2.45, 2.75) is 26.0 Å². The van der Waals surface area contributed by atoms with Crippen LogP contribution in [-0.2, 0) is 4.79 Å². The van der Waals surface area contributed by atoms with E-state index in [4.69, 9.17) is 4.74 Å². The first-order chi connectivity index (χ1) is 14.5. The molecule has 0 unspecified atom stereocenters. The number of hydrogen-bond acceptors (Lipinski definition) is 5. The zero-order chi connectivity index (χ0) is 21.1. The fraction of sp³-hybridized carbons (Fsp3) is 0.261. The molecule has 4 rings (SSSR count). The van der Waals surface area contributed by atoms with Crippen molar-refractivity contribution >= 4 is 11.9 Å². The highest BCUT2D eigenvalue weighted by molar-refractivity contribution is 5.73. The van der Waals surface area contributed by atoms with Crippen LogP contribution in [0.4, 0.5) is 10.3 Å². The molecule has 2 heterocycles. The zero-order valence-corrected chi connectivity index (χ0v) is 16.9. The lowest BCUT2D eigenvalue weighted by atomic mass is 10.1. The summed E-state index contributed by atoms with van der Waals surface area (Å²) in [6, 6.07) is 14.0. The summed E-state index contributed by atoms with van der Waals surface area (Å²) in [5, 5.41) is 2.87. The highest BCUT2D eigenvalue weighted by Gasteiger charge is 2.30. The molecule has 1 saturated heterocycles. The zero-order valence-electron chi connectivity index (χ0n) is 16.9. The van der Waals surface area contributed by atoms with Gasteiger partial charge in [-0.2, -0.15) is 0 Å². The predicted octanol–water partition coefficient (Wildman–Crippen LogP) is 3.75. The molecule has 1 N–H and O–H groups in total. The Morgan fingerprint density at radius 1 is 1.07 bits per heavy atom. The Morgan fingerprint density at radius 2 is 1.70 bits per heavy atom. The fourth-order valence-corrected chi connectivity index (χ4v) is 3.37. The van der Waals surface area contributed by atoms with E-state index in [-0.39, 0.29) is 23.9 Å². The summed E-state index contributed by atoms with van der Waals surface area (Å²) < 4.78 is 19.1. The molecule has 1 aliphatic heterocycles. The summed E-state index contributed by atoms with van der Waals surface area (Å²) in [5.74, 6) is 1.14. The number of aromatic nitrogens is 2. The van der Waals surface area contributed by atoms with Crippen LogP contribution in [-0.4, -0.2) is 35.1 Å². The average molecular weight is 406 g/mol. The maximum absolute atomic E-state index is 13.1. The van der Waals surface area contributed by atoms with Gasteiger partial charge < -0.3 is 15.0 Å². The monoisotopic (exact) mass is 406 g/mol. The molecule has 1 aromatic heterocycles. The topological polar surface area (TPSA) is 67.3 Å². The van der Waals surface area contributed by atoms with Crippen molar-refractivity contribution in [2.24, 2.45) is 0 Å². The van der Waals surface area contributed by atoms with E-state index in [1.807, 2.05) is 36.1 Å². The lowest BCUT2D eigenvalue weighted by Gasteiger charge is -2.38. The van der Waals surface area contributed by atoms with E-state index in [0.717, 1.165) is 22.4 Å². The third-order valence-corrected chi connectivity index (χ3v) is 5.05. The van der Waals surface area contributed by atoms with Gasteiger partial charge in [-0.25, -0.2) is 14.4 Å². The van der Waals surface area contributed by atoms with Crippen LogP contribution in [0.15, 0.2) is 60.9 Å². The summed E-state index contributed by atoms with van der Waals surface area (Å²) >= 11 is 0. The fourth-order valence-electron chi connectivity index (χ4n) is 3.37. The van der Waals surface area contributed by atoms with Crippen LogP contribution in [0.2, 0.25) is 0 Å². The summed E-state index contributed by atoms with van der Waals surface area (Å²) in [5.41, 5.74) is 2.76. The minimum atomic E-state index is -0.264. The molecular formula is C23H23FN4O2. The number of nitrogens with zero attached hydrogens (tertiary/aromatic N) is 3. The predicted molar refractivity (Wildman–Crippen MR) is 113 cm³/mol. The number of hydrogen-bond donors (Lipinski definition) is 1. The molecule has 154 valence electrons. The molecule has 1 aliphatic rings. The van der Waals surface area contributed by atoms with E-state index in [2.05, 4.69) is 15.3 Å². The van der Waals surface area contributed by atoms with Crippen molar-refractivity contribution < 1.29 is 13.9 Å². The van der Waals surface area contributed by atoms with Crippen LogP contribution >= 0.6 is 0 Å². The Hall–Kier alpha value is -3.48. The number of benzene rings is 2. The first-order valence-corrected chi connectivity index (χ1v) is 9.84. The Bertz CT molecular complexity index is 1000. The highest BCUT2D eigenvalue weighted by atomic mass is 19.1. The Morgan fingerprint density at radius 3 is 2.30 bits per heavy atom. The standard InChI is InChI=1S/C23H23FN4O2/c1-15(27-16(2)29)17-5-9-21(10-6-17)30-22-13-28(14-22)23-25-11-19(12-26-23)18-3-7-20(24)8-4-18/h3-12,15,22H,13-14H2,1-2H3,(H,27,29)/t15-/m0/s1. The first kappa shape index (κ1) is 19.8. The van der Waals surface area contributed by atoms with Crippen molar-refractivity contribution in [1.29, 1.82) is 0 Å². The Labute approximate surface area is 174 Å². The van der Waals surface area contributed by atoms with E-state index in [0.29, 0.717) is 19.0 Å². The summed E-state index contributed by atoms with van der Waals surface area (Å²) in [6.45, 7) is 4.87. The van der Waals surface area contributed by atoms with Gasteiger partial charge >= 0.3 is 0 Å². The van der Waals surface area contributed by atoms with Crippen molar-refractivity contribution in [3.05, 3.63) is 72.3 Å². The lowest BCUT2D eigenvalue weighted by Crippen LogP contribution is -2.54. The Kier molecular flexibility index (Phi) is 5.61. The number of amides is 1. The lowest BCUT2D eigenvalue weighted by molar-refractivity contribution is -0.119. The van der Waals surface area contributed by atoms with Crippen LogP contribution < -0.4 is 15.0 Å². The van der Waals surface area contributed by atoms with E-state index in [1.54, 1.807) is 24.5 Å². The van der Waals surface area contributed by atoms with Crippen LogP contribution in [0.3, 0.4) is 0 Å². The smallest absolute Gasteiger partial charge is 0.225 e. The third kappa shape index (κ3) is 4.56. The second kappa shape index (κ2) is 8.49. The maximum atomic E-state index is 13.1. The minimum Gasteiger partial charge on any atom is -0.487 e. The SMILES string of the molecule is CC(=O)N[C@@H](C)c1ccc(OC2CN(c3ncc(-c4ccc(F)cc4)cn3)C2)cc1. The van der Waals surface area contributed by atoms with E-state index >= 15 is 0 Å². The minimum absolute atomic E-state index is 0.0363. The number of nitrogens with one attached hydrogen (secondary N) is 1. The molecule has 30 heavy (non-hydrogen) atoms. The molecule has 1 atom stereocenters. The van der Waals surface area contributed by atoms with Gasteiger partial charge in [0.05, 0.1) is 19.1 Å². The van der Waals surface area contributed by atoms with Gasteiger partial charge in [0, 0.05) is 24.9 Å². The number of anilines is 1. The van der Waals surface area contributed by atoms with E-state index < -0.39 is 0 Å². The second-order valence-electron chi connectivity index (χ2n) is 7.41. The molecular weight excluding hydrogens is 383 g/mol. The molecule has 7 heteroatoms. The molecule has 1 amide bonds. The van der Waals surface area contributed by atoms with Crippen LogP contribution in [0.1, 0.15) is 25.5 Å². The van der Waals surface area contributed by atoms with Gasteiger partial charge in [0.25, 0.3) is 0 Å². The Balaban J connectivity index is 1.29. The molecule has 1 fully saturated rings. The summed E-state index contributed by atoms with van der Waals surface area (Å²) in [4.78, 5) is 22.1. The molecule has 3 aromatic rings. The van der Waals surface area contributed by atoms with Gasteiger partial charge in [0.15, 0.2) is 0 Å². The van der Waals surface area contributed by atoms with E-state index in [9.17, 15) is 9.18 Å². The van der Waals surface area contributed by atoms with Gasteiger partial charge in [-0.15, -0.1) is 0 Å². The van der Waals surface area contributed by atoms with Crippen molar-refractivity contribution in [3.63, 3.8) is 0 Å². The molecule has 2 aromatic carbocycles. The van der Waals surface area contributed by atoms with Gasteiger partial charge in [0.2, 0.25) is 11.9 Å². The molecule has 0 aliphatic carbocycles. The van der Waals surface area contributed by atoms with Crippen LogP contribution in [0.25, 0.3) is 11.1 Å². The largest absolute Gasteiger partial charge is 0.487 e. The number of carbonyl (C=O) groups excluding carboxylic acids is 1. The number of rotatable bonds is 6. The number of halogens is 1. The number of carbonyl (C=O) groups is 1. The van der Waals surface area contributed by atoms with Gasteiger partial charge in [-0.05, 0) is 42.3 Å². The highest BCUT2D eigenvalue weighted by Crippen LogP contribution is 2.25. The van der Waals surface area contributed by atoms with Gasteiger partial charge in [0.1, 0.15) is 17.7 Å². The molecule has 0 spiro atoms. The first-order valence-electron chi connectivity index (χ1n) is 9.84. The normalized spacial score (nSPS) is 14.7. The van der Waals surface area contributed by atoms with Crippen LogP contribution in [0, 0.1) is 5.82 Å². The van der Waals surface area contributed by atoms with Crippen molar-refractivity contribution in [3.8, 4) is 16.9 Å². The quantitative estimate of drug-likeness (QED) is 0.675. The number of ether oxygens (including phenoxy) is 1. The molecule has 0 saturated carbocycles. The average Bonchev–Trinajstić information content (AvgIpc) is 2.71. The summed E-state index contributed by atoms with van der Waals surface area (Å²) in [6.07, 6.45) is 3.57. The van der Waals surface area contributed by atoms with E-state index in [1.165, 1.54) is 19.1 Å². The molecule has 0 bridgehead atoms. The molecule has 6 nitrogen and oxygen atoms in total. The maximum Gasteiger partial charge on any atom is 0.225 e. The van der Waals surface area contributed by atoms with Crippen LogP contribution in [0.5, 0.6) is 5.75 Å². The van der Waals surface area contributed by atoms with Crippen molar-refractivity contribution in [2.75, 3.05) is 18.0 Å². The summed E-state index contributed by atoms with van der Waals surface area (Å²) in [7, 11) is 0.